The predicted molar refractivity (Wildman–Crippen MR) is 159 cm³/mol. The summed E-state index contributed by atoms with van der Waals surface area (Å²) < 4.78 is 62.0. The topological polar surface area (TPSA) is 124 Å². The fraction of sp³-hybridized carbons (Fsp3) is 0.625. The van der Waals surface area contributed by atoms with E-state index in [1.54, 1.807) is 7.11 Å². The number of methoxy groups -OCH3 is 1. The Balaban J connectivity index is 1.03. The Hall–Kier alpha value is -3.39. The molecule has 0 amide bonds. The number of thiazole rings is 1. The number of rotatable bonds is 8. The van der Waals surface area contributed by atoms with Crippen molar-refractivity contribution in [2.45, 2.75) is 119 Å². The number of hydrogen-bond donors (Lipinski definition) is 1. The number of hydrogen-bond acceptors (Lipinski definition) is 10. The summed E-state index contributed by atoms with van der Waals surface area (Å²) in [5, 5.41) is 14.5. The molecule has 2 aliphatic heterocycles. The zero-order valence-electron chi connectivity index (χ0n) is 25.2. The van der Waals surface area contributed by atoms with Gasteiger partial charge in [-0.25, -0.2) is 14.6 Å². The van der Waals surface area contributed by atoms with E-state index in [1.165, 1.54) is 6.07 Å². The van der Waals surface area contributed by atoms with Crippen molar-refractivity contribution in [2.75, 3.05) is 12.0 Å². The fourth-order valence-electron chi connectivity index (χ4n) is 8.47. The van der Waals surface area contributed by atoms with Crippen molar-refractivity contribution in [3.63, 3.8) is 0 Å². The number of carbonyl (C=O) groups excluding carboxylic acids is 1. The second kappa shape index (κ2) is 10.6. The van der Waals surface area contributed by atoms with Crippen LogP contribution in [0.3, 0.4) is 0 Å². The molecule has 1 N–H and O–H groups in total. The highest BCUT2D eigenvalue weighted by Crippen LogP contribution is 2.56. The summed E-state index contributed by atoms with van der Waals surface area (Å²) >= 11 is 1.14. The number of benzene rings is 1. The van der Waals surface area contributed by atoms with Crippen molar-refractivity contribution >= 4 is 38.6 Å². The third-order valence-electron chi connectivity index (χ3n) is 11.1. The average Bonchev–Trinajstić information content (AvgIpc) is 3.50. The molecule has 2 saturated heterocycles. The van der Waals surface area contributed by atoms with Gasteiger partial charge in [0.2, 0.25) is 0 Å². The zero-order chi connectivity index (χ0) is 32.0. The van der Waals surface area contributed by atoms with Crippen molar-refractivity contribution in [1.29, 1.82) is 0 Å². The van der Waals surface area contributed by atoms with Crippen LogP contribution in [0.1, 0.15) is 115 Å². The molecule has 9 rings (SSSR count). The Labute approximate surface area is 266 Å². The number of nitrogens with zero attached hydrogens (tertiary/aromatic N) is 3. The molecule has 4 bridgehead atoms. The molecule has 2 unspecified atom stereocenters. The molecule has 0 spiro atoms. The number of ether oxygens (including phenoxy) is 3. The summed E-state index contributed by atoms with van der Waals surface area (Å²) in [4.78, 5) is 32.2. The summed E-state index contributed by atoms with van der Waals surface area (Å²) in [6, 6.07) is 2.10. The van der Waals surface area contributed by atoms with Gasteiger partial charge >= 0.3 is 18.3 Å². The quantitative estimate of drug-likeness (QED) is 0.250. The fourth-order valence-corrected chi connectivity index (χ4v) is 9.63. The smallest absolute Gasteiger partial charge is 0.478 e. The van der Waals surface area contributed by atoms with E-state index in [0.717, 1.165) is 87.3 Å². The van der Waals surface area contributed by atoms with E-state index in [4.69, 9.17) is 14.0 Å². The molecule has 4 saturated carbocycles. The number of piperidine rings is 1. The van der Waals surface area contributed by atoms with E-state index in [0.29, 0.717) is 34.0 Å². The molecule has 6 fully saturated rings. The van der Waals surface area contributed by atoms with Gasteiger partial charge in [-0.2, -0.15) is 0 Å². The molecule has 14 heteroatoms. The molecule has 1 aromatic carbocycles. The lowest BCUT2D eigenvalue weighted by molar-refractivity contribution is -0.274. The predicted octanol–water partition coefficient (Wildman–Crippen LogP) is 7.11. The molecule has 6 aliphatic rings. The van der Waals surface area contributed by atoms with E-state index in [1.807, 2.05) is 0 Å². The van der Waals surface area contributed by atoms with E-state index in [-0.39, 0.29) is 52.2 Å². The van der Waals surface area contributed by atoms with Crippen LogP contribution < -0.4 is 9.64 Å². The van der Waals surface area contributed by atoms with Gasteiger partial charge in [-0.05, 0) is 76.3 Å². The number of fused-ring (bicyclic) bond motifs is 6. The van der Waals surface area contributed by atoms with Crippen LogP contribution in [0, 0.1) is 0 Å². The maximum absolute atomic E-state index is 14.0. The Kier molecular flexibility index (Phi) is 6.88. The normalized spacial score (nSPS) is 30.6. The molecule has 3 aromatic rings. The van der Waals surface area contributed by atoms with Crippen molar-refractivity contribution < 1.29 is 46.6 Å². The minimum atomic E-state index is -5.00. The Morgan fingerprint density at radius 2 is 1.72 bits per heavy atom. The van der Waals surface area contributed by atoms with Gasteiger partial charge in [-0.15, -0.1) is 13.2 Å². The van der Waals surface area contributed by atoms with Gasteiger partial charge in [0.15, 0.2) is 16.6 Å². The van der Waals surface area contributed by atoms with Crippen molar-refractivity contribution in [3.8, 4) is 5.75 Å². The van der Waals surface area contributed by atoms with Crippen molar-refractivity contribution in [3.05, 3.63) is 34.7 Å². The number of anilines is 1. The lowest BCUT2D eigenvalue weighted by Gasteiger charge is -2.52. The number of aromatic carboxylic acids is 1. The Bertz CT molecular complexity index is 1680. The molecule has 2 atom stereocenters. The van der Waals surface area contributed by atoms with Crippen LogP contribution in [0.25, 0.3) is 10.2 Å². The monoisotopic (exact) mass is 661 g/mol. The largest absolute Gasteiger partial charge is 0.573 e. The van der Waals surface area contributed by atoms with Crippen LogP contribution in [0.2, 0.25) is 0 Å². The summed E-state index contributed by atoms with van der Waals surface area (Å²) in [5.74, 6) is -1.54. The summed E-state index contributed by atoms with van der Waals surface area (Å²) in [6.45, 7) is 0. The van der Waals surface area contributed by atoms with E-state index < -0.39 is 18.1 Å². The Morgan fingerprint density at radius 3 is 2.30 bits per heavy atom. The van der Waals surface area contributed by atoms with Crippen LogP contribution in [0.15, 0.2) is 16.7 Å². The van der Waals surface area contributed by atoms with Gasteiger partial charge in [0, 0.05) is 43.4 Å². The van der Waals surface area contributed by atoms with E-state index in [9.17, 15) is 27.9 Å². The van der Waals surface area contributed by atoms with E-state index >= 15 is 0 Å². The molecule has 0 radical (unpaired) electrons. The molecule has 46 heavy (non-hydrogen) atoms. The van der Waals surface area contributed by atoms with Crippen molar-refractivity contribution in [2.24, 2.45) is 0 Å². The summed E-state index contributed by atoms with van der Waals surface area (Å²) in [5.41, 5.74) is 0.630. The molecule has 4 heterocycles. The third kappa shape index (κ3) is 5.02. The molecular formula is C32H34F3N3O7S. The standard InChI is InChI=1S/C32H34F3N3O7S/c1-42-31-9-6-30(7-10-31,8-11-31)26-23(25(45-37-26)16-2-3-16)28(41)43-20-14-18-4-5-19(15-20)38(18)29-36-24-21(44-32(33,34)35)12-17(27(39)40)13-22(24)46-29/h12-13,16,18-20H,2-11,14-15H2,1H3,(H,39,40). The first-order valence-electron chi connectivity index (χ1n) is 15.9. The zero-order valence-corrected chi connectivity index (χ0v) is 26.0. The molecule has 246 valence electrons. The van der Waals surface area contributed by atoms with Crippen LogP contribution >= 0.6 is 11.3 Å². The third-order valence-corrected chi connectivity index (χ3v) is 12.1. The molecule has 4 aliphatic carbocycles. The minimum Gasteiger partial charge on any atom is -0.478 e. The maximum Gasteiger partial charge on any atom is 0.573 e. The number of halogens is 3. The lowest BCUT2D eigenvalue weighted by Crippen LogP contribution is -2.50. The highest BCUT2D eigenvalue weighted by Gasteiger charge is 2.54. The second-order valence-corrected chi connectivity index (χ2v) is 14.7. The van der Waals surface area contributed by atoms with Crippen LogP contribution in [0.5, 0.6) is 5.75 Å². The number of carboxylic acids is 1. The Morgan fingerprint density at radius 1 is 1.04 bits per heavy atom. The lowest BCUT2D eigenvalue weighted by atomic mass is 9.57. The molecule has 10 nitrogen and oxygen atoms in total. The van der Waals surface area contributed by atoms with Crippen LogP contribution in [-0.4, -0.2) is 64.4 Å². The number of carbonyl (C=O) groups is 2. The molecule has 2 aromatic heterocycles. The SMILES string of the molecule is COC12CCC(c3noc(C4CC4)c3C(=O)OC3CC4CCC(C3)N4c3nc4c(OC(F)(F)F)cc(C(=O)O)cc4s3)(CC1)CC2. The number of aromatic nitrogens is 2. The summed E-state index contributed by atoms with van der Waals surface area (Å²) in [6.07, 6.45) is 4.78. The summed E-state index contributed by atoms with van der Waals surface area (Å²) in [7, 11) is 1.78. The number of carboxylic acid groups (broad SMARTS) is 1. The van der Waals surface area contributed by atoms with Gasteiger partial charge in [-0.1, -0.05) is 16.5 Å². The van der Waals surface area contributed by atoms with Gasteiger partial charge in [0.1, 0.15) is 22.9 Å². The van der Waals surface area contributed by atoms with Gasteiger partial charge in [0.25, 0.3) is 0 Å². The molecular weight excluding hydrogens is 627 g/mol. The van der Waals surface area contributed by atoms with Crippen molar-refractivity contribution in [1.82, 2.24) is 10.1 Å². The van der Waals surface area contributed by atoms with Crippen LogP contribution in [0.4, 0.5) is 18.3 Å². The minimum absolute atomic E-state index is 0.0320. The number of alkyl halides is 3. The van der Waals surface area contributed by atoms with Gasteiger partial charge < -0.3 is 28.7 Å². The van der Waals surface area contributed by atoms with Crippen LogP contribution in [-0.2, 0) is 14.9 Å². The highest BCUT2D eigenvalue weighted by atomic mass is 32.1. The first kappa shape index (κ1) is 30.0. The van der Waals surface area contributed by atoms with E-state index in [2.05, 4.69) is 19.8 Å². The first-order valence-corrected chi connectivity index (χ1v) is 16.8. The maximum atomic E-state index is 14.0. The highest BCUT2D eigenvalue weighted by molar-refractivity contribution is 7.22. The van der Waals surface area contributed by atoms with Gasteiger partial charge in [0.05, 0.1) is 15.9 Å². The second-order valence-electron chi connectivity index (χ2n) is 13.7. The average molecular weight is 662 g/mol. The van der Waals surface area contributed by atoms with Gasteiger partial charge in [-0.3, -0.25) is 0 Å². The number of esters is 1. The first-order chi connectivity index (χ1) is 22.0.